The van der Waals surface area contributed by atoms with Gasteiger partial charge >= 0.3 is 0 Å². The van der Waals surface area contributed by atoms with Crippen molar-refractivity contribution >= 4 is 39.0 Å². The molecule has 11 heteroatoms. The molecule has 0 fully saturated rings. The highest BCUT2D eigenvalue weighted by molar-refractivity contribution is 7.92. The van der Waals surface area contributed by atoms with Gasteiger partial charge in [-0.3, -0.25) is 14.5 Å². The molecule has 0 radical (unpaired) electrons. The van der Waals surface area contributed by atoms with Gasteiger partial charge in [-0.25, -0.2) is 17.8 Å². The van der Waals surface area contributed by atoms with Crippen LogP contribution in [0.2, 0.25) is 0 Å². The third-order valence-electron chi connectivity index (χ3n) is 9.31. The quantitative estimate of drug-likeness (QED) is 0.234. The van der Waals surface area contributed by atoms with Gasteiger partial charge in [0, 0.05) is 30.1 Å². The fourth-order valence-corrected chi connectivity index (χ4v) is 7.45. The summed E-state index contributed by atoms with van der Waals surface area (Å²) in [4.78, 5) is 33.9. The standard InChI is InChI=1S/C38H41FN4O5S/c1-8-32-28(18-31(36(44)42(32)7)41-34-15-14-26(19-40-34)49(46,47)22(2)3)27-10-9-11-33-29(27)21-48-20-25-13-12-23-16-24(38(4,5)6)17-30(39)35(23)37(45)43(25)33/h9-19,22,25H,8,20-21H2,1-7H3,(H,40,41). The third-order valence-corrected chi connectivity index (χ3v) is 11.4. The SMILES string of the molecule is CCc1c(-c2cccc3c2COCC2C=Cc4cc(C(C)(C)C)cc(F)c4C(=O)N32)cc(Nc2ccc(S(=O)(=O)C(C)C)cn2)c(=O)n1C. The lowest BCUT2D eigenvalue weighted by Crippen LogP contribution is -2.41. The minimum atomic E-state index is -3.51. The second kappa shape index (κ2) is 12.7. The second-order valence-corrected chi connectivity index (χ2v) is 16.3. The van der Waals surface area contributed by atoms with E-state index in [4.69, 9.17) is 4.74 Å². The number of amides is 1. The van der Waals surface area contributed by atoms with Gasteiger partial charge in [0.1, 0.15) is 17.3 Å². The van der Waals surface area contributed by atoms with Crippen LogP contribution in [0.25, 0.3) is 17.2 Å². The summed E-state index contributed by atoms with van der Waals surface area (Å²) >= 11 is 0. The van der Waals surface area contributed by atoms with E-state index in [1.807, 2.05) is 64.1 Å². The molecule has 1 unspecified atom stereocenters. The maximum absolute atomic E-state index is 15.8. The van der Waals surface area contributed by atoms with Crippen molar-refractivity contribution in [3.05, 3.63) is 105 Å². The van der Waals surface area contributed by atoms with Crippen molar-refractivity contribution in [3.8, 4) is 11.1 Å². The van der Waals surface area contributed by atoms with Crippen LogP contribution in [0.15, 0.2) is 70.5 Å². The van der Waals surface area contributed by atoms with Crippen LogP contribution >= 0.6 is 0 Å². The highest BCUT2D eigenvalue weighted by atomic mass is 32.2. The Morgan fingerprint density at radius 1 is 1.08 bits per heavy atom. The number of rotatable bonds is 6. The number of hydrogen-bond acceptors (Lipinski definition) is 7. The minimum absolute atomic E-state index is 0.0209. The Morgan fingerprint density at radius 3 is 2.49 bits per heavy atom. The van der Waals surface area contributed by atoms with Crippen molar-refractivity contribution in [1.29, 1.82) is 0 Å². The van der Waals surface area contributed by atoms with E-state index in [-0.39, 0.29) is 40.3 Å². The summed E-state index contributed by atoms with van der Waals surface area (Å²) < 4.78 is 48.8. The molecule has 4 aromatic rings. The Balaban J connectivity index is 1.45. The van der Waals surface area contributed by atoms with Crippen LogP contribution < -0.4 is 15.8 Å². The number of ether oxygens (including phenoxy) is 1. The molecule has 6 rings (SSSR count). The van der Waals surface area contributed by atoms with E-state index in [9.17, 15) is 18.0 Å². The number of sulfone groups is 1. The van der Waals surface area contributed by atoms with E-state index < -0.39 is 32.9 Å². The average Bonchev–Trinajstić information content (AvgIpc) is 3.32. The number of nitrogens with one attached hydrogen (secondary N) is 1. The van der Waals surface area contributed by atoms with E-state index in [0.717, 1.165) is 27.9 Å². The molecule has 1 atom stereocenters. The van der Waals surface area contributed by atoms with E-state index in [2.05, 4.69) is 10.3 Å². The Kier molecular flexibility index (Phi) is 8.87. The number of pyridine rings is 2. The second-order valence-electron chi connectivity index (χ2n) is 13.8. The zero-order valence-corrected chi connectivity index (χ0v) is 29.6. The summed E-state index contributed by atoms with van der Waals surface area (Å²) in [5.41, 5.74) is 4.65. The van der Waals surface area contributed by atoms with Crippen molar-refractivity contribution in [2.45, 2.75) is 76.2 Å². The molecule has 49 heavy (non-hydrogen) atoms. The first-order valence-electron chi connectivity index (χ1n) is 16.4. The number of carbonyl (C=O) groups is 1. The van der Waals surface area contributed by atoms with Crippen LogP contribution in [0.1, 0.15) is 74.3 Å². The molecule has 0 spiro atoms. The Labute approximate surface area is 286 Å². The van der Waals surface area contributed by atoms with Gasteiger partial charge in [0.2, 0.25) is 0 Å². The van der Waals surface area contributed by atoms with Gasteiger partial charge in [-0.05, 0) is 72.7 Å². The fraction of sp³-hybridized carbons (Fsp3) is 0.342. The Hall–Kier alpha value is -4.61. The summed E-state index contributed by atoms with van der Waals surface area (Å²) in [6, 6.07) is 13.3. The Bertz CT molecular complexity index is 2170. The van der Waals surface area contributed by atoms with Gasteiger partial charge in [-0.1, -0.05) is 58.0 Å². The maximum atomic E-state index is 15.8. The predicted octanol–water partition coefficient (Wildman–Crippen LogP) is 6.94. The lowest BCUT2D eigenvalue weighted by atomic mass is 9.85. The lowest BCUT2D eigenvalue weighted by molar-refractivity contribution is 0.0937. The zero-order valence-electron chi connectivity index (χ0n) is 28.8. The summed E-state index contributed by atoms with van der Waals surface area (Å²) in [7, 11) is -1.81. The van der Waals surface area contributed by atoms with Crippen molar-refractivity contribution in [2.75, 3.05) is 16.8 Å². The van der Waals surface area contributed by atoms with Crippen LogP contribution in [0.5, 0.6) is 0 Å². The molecule has 0 bridgehead atoms. The van der Waals surface area contributed by atoms with Crippen molar-refractivity contribution in [2.24, 2.45) is 7.05 Å². The van der Waals surface area contributed by atoms with E-state index in [0.29, 0.717) is 23.5 Å². The number of nitrogens with zero attached hydrogens (tertiary/aromatic N) is 3. The zero-order chi connectivity index (χ0) is 35.4. The number of carbonyl (C=O) groups excluding carboxylic acids is 1. The smallest absolute Gasteiger partial charge is 0.274 e. The van der Waals surface area contributed by atoms with Gasteiger partial charge in [0.25, 0.3) is 11.5 Å². The number of hydrogen-bond donors (Lipinski definition) is 1. The molecule has 0 aliphatic carbocycles. The van der Waals surface area contributed by atoms with Crippen molar-refractivity contribution in [3.63, 3.8) is 0 Å². The molecule has 0 saturated carbocycles. The highest BCUT2D eigenvalue weighted by Gasteiger charge is 2.35. The van der Waals surface area contributed by atoms with E-state index >= 15 is 4.39 Å². The molecule has 2 aromatic heterocycles. The molecule has 2 aliphatic heterocycles. The molecular formula is C38H41FN4O5S. The molecule has 9 nitrogen and oxygen atoms in total. The number of aromatic nitrogens is 2. The first-order valence-corrected chi connectivity index (χ1v) is 17.9. The topological polar surface area (TPSA) is 111 Å². The number of fused-ring (bicyclic) bond motifs is 4. The summed E-state index contributed by atoms with van der Waals surface area (Å²) in [6.07, 6.45) is 5.53. The summed E-state index contributed by atoms with van der Waals surface area (Å²) in [5.74, 6) is -0.698. The molecule has 1 amide bonds. The summed E-state index contributed by atoms with van der Waals surface area (Å²) in [5, 5.41) is 2.49. The van der Waals surface area contributed by atoms with Crippen LogP contribution in [-0.4, -0.2) is 41.8 Å². The van der Waals surface area contributed by atoms with Crippen molar-refractivity contribution < 1.29 is 22.3 Å². The average molecular weight is 685 g/mol. The maximum Gasteiger partial charge on any atom is 0.274 e. The molecule has 256 valence electrons. The van der Waals surface area contributed by atoms with Crippen LogP contribution in [0.4, 0.5) is 21.6 Å². The first kappa shape index (κ1) is 34.3. The predicted molar refractivity (Wildman–Crippen MR) is 191 cm³/mol. The fourth-order valence-electron chi connectivity index (χ4n) is 6.45. The molecule has 1 N–H and O–H groups in total. The van der Waals surface area contributed by atoms with Crippen LogP contribution in [0, 0.1) is 5.82 Å². The Morgan fingerprint density at radius 2 is 1.84 bits per heavy atom. The monoisotopic (exact) mass is 684 g/mol. The van der Waals surface area contributed by atoms with Gasteiger partial charge < -0.3 is 14.6 Å². The number of halogens is 1. The van der Waals surface area contributed by atoms with E-state index in [1.54, 1.807) is 36.4 Å². The highest BCUT2D eigenvalue weighted by Crippen LogP contribution is 2.40. The largest absolute Gasteiger partial charge is 0.374 e. The summed E-state index contributed by atoms with van der Waals surface area (Å²) in [6.45, 7) is 11.6. The molecule has 2 aromatic carbocycles. The number of benzene rings is 2. The molecule has 2 aliphatic rings. The normalized spacial score (nSPS) is 16.1. The molecule has 4 heterocycles. The lowest BCUT2D eigenvalue weighted by Gasteiger charge is -2.29. The molecular weight excluding hydrogens is 644 g/mol. The van der Waals surface area contributed by atoms with Crippen molar-refractivity contribution in [1.82, 2.24) is 9.55 Å². The minimum Gasteiger partial charge on any atom is -0.374 e. The van der Waals surface area contributed by atoms with Gasteiger partial charge in [0.05, 0.1) is 40.7 Å². The van der Waals surface area contributed by atoms with Crippen LogP contribution in [-0.2, 0) is 40.1 Å². The van der Waals surface area contributed by atoms with Gasteiger partial charge in [0.15, 0.2) is 9.84 Å². The third kappa shape index (κ3) is 6.10. The van der Waals surface area contributed by atoms with E-state index in [1.165, 1.54) is 24.4 Å². The van der Waals surface area contributed by atoms with Crippen LogP contribution in [0.3, 0.4) is 0 Å². The van der Waals surface area contributed by atoms with Gasteiger partial charge in [-0.15, -0.1) is 0 Å². The molecule has 0 saturated heterocycles. The number of anilines is 3. The first-order chi connectivity index (χ1) is 23.1. The van der Waals surface area contributed by atoms with Gasteiger partial charge in [-0.2, -0.15) is 0 Å².